The predicted octanol–water partition coefficient (Wildman–Crippen LogP) is 3.34. The molecule has 0 amide bonds. The highest BCUT2D eigenvalue weighted by molar-refractivity contribution is 9.10. The molecule has 0 aliphatic heterocycles. The van der Waals surface area contributed by atoms with E-state index in [1.165, 1.54) is 0 Å². The highest BCUT2D eigenvalue weighted by atomic mass is 79.9. The van der Waals surface area contributed by atoms with Crippen molar-refractivity contribution in [1.29, 1.82) is 0 Å². The molecule has 1 aromatic carbocycles. The lowest BCUT2D eigenvalue weighted by molar-refractivity contribution is -0.141. The Kier molecular flexibility index (Phi) is 5.33. The first kappa shape index (κ1) is 15.5. The number of carboxylic acids is 1. The van der Waals surface area contributed by atoms with Crippen LogP contribution in [0, 0.1) is 5.92 Å². The van der Waals surface area contributed by atoms with Crippen molar-refractivity contribution >= 4 is 21.9 Å². The molecule has 21 heavy (non-hydrogen) atoms. The quantitative estimate of drug-likeness (QED) is 0.868. The van der Waals surface area contributed by atoms with Crippen LogP contribution in [0.5, 0.6) is 5.75 Å². The summed E-state index contributed by atoms with van der Waals surface area (Å²) in [5.74, 6) is -0.539. The molecule has 0 bridgehead atoms. The molecule has 0 fully saturated rings. The normalized spacial score (nSPS) is 11.9. The Morgan fingerprint density at radius 2 is 1.95 bits per heavy atom. The first-order valence-corrected chi connectivity index (χ1v) is 7.34. The number of carbonyl (C=O) groups is 1. The third-order valence-corrected chi connectivity index (χ3v) is 3.70. The minimum absolute atomic E-state index is 0.411. The van der Waals surface area contributed by atoms with Crippen molar-refractivity contribution in [3.63, 3.8) is 0 Å². The monoisotopic (exact) mass is 349 g/mol. The number of hydrogen-bond acceptors (Lipinski definition) is 3. The van der Waals surface area contributed by atoms with Gasteiger partial charge in [0.05, 0.1) is 13.0 Å². The van der Waals surface area contributed by atoms with Crippen molar-refractivity contribution in [1.82, 2.24) is 4.98 Å². The second-order valence-corrected chi connectivity index (χ2v) is 5.67. The average Bonchev–Trinajstić information content (AvgIpc) is 2.49. The highest BCUT2D eigenvalue weighted by Crippen LogP contribution is 2.18. The van der Waals surface area contributed by atoms with Gasteiger partial charge in [-0.1, -0.05) is 12.1 Å². The van der Waals surface area contributed by atoms with E-state index in [4.69, 9.17) is 4.74 Å². The first-order valence-electron chi connectivity index (χ1n) is 6.54. The molecule has 2 aromatic rings. The van der Waals surface area contributed by atoms with Crippen LogP contribution in [-0.4, -0.2) is 23.2 Å². The van der Waals surface area contributed by atoms with E-state index >= 15 is 0 Å². The minimum atomic E-state index is -0.810. The van der Waals surface area contributed by atoms with Crippen LogP contribution >= 0.6 is 15.9 Å². The van der Waals surface area contributed by atoms with Crippen LogP contribution in [-0.2, 0) is 17.6 Å². The number of rotatable bonds is 6. The van der Waals surface area contributed by atoms with Crippen LogP contribution in [0.15, 0.2) is 47.1 Å². The summed E-state index contributed by atoms with van der Waals surface area (Å²) in [6, 6.07) is 11.2. The molecule has 4 nitrogen and oxygen atoms in total. The maximum absolute atomic E-state index is 11.4. The van der Waals surface area contributed by atoms with E-state index in [2.05, 4.69) is 20.9 Å². The topological polar surface area (TPSA) is 59.4 Å². The number of hydrogen-bond donors (Lipinski definition) is 1. The summed E-state index contributed by atoms with van der Waals surface area (Å²) in [5.41, 5.74) is 1.75. The van der Waals surface area contributed by atoms with Gasteiger partial charge in [-0.25, -0.2) is 0 Å². The van der Waals surface area contributed by atoms with Gasteiger partial charge in [0.25, 0.3) is 0 Å². The summed E-state index contributed by atoms with van der Waals surface area (Å²) in [7, 11) is 1.61. The zero-order valence-electron chi connectivity index (χ0n) is 11.6. The Morgan fingerprint density at radius 1 is 1.24 bits per heavy atom. The summed E-state index contributed by atoms with van der Waals surface area (Å²) >= 11 is 3.32. The second kappa shape index (κ2) is 7.22. The van der Waals surface area contributed by atoms with Crippen molar-refractivity contribution in [2.24, 2.45) is 5.92 Å². The molecule has 0 saturated carbocycles. The number of aromatic nitrogens is 1. The standard InChI is InChI=1S/C16H16BrNO3/c1-21-15-6-2-11(3-7-15)8-12(16(19)20)9-14-5-4-13(17)10-18-14/h2-7,10,12H,8-9H2,1H3,(H,19,20). The number of benzene rings is 1. The molecule has 1 unspecified atom stereocenters. The van der Waals surface area contributed by atoms with Crippen LogP contribution in [0.4, 0.5) is 0 Å². The van der Waals surface area contributed by atoms with E-state index in [-0.39, 0.29) is 0 Å². The Hall–Kier alpha value is -1.88. The maximum atomic E-state index is 11.4. The van der Waals surface area contributed by atoms with E-state index in [1.54, 1.807) is 13.3 Å². The maximum Gasteiger partial charge on any atom is 0.307 e. The molecule has 1 N–H and O–H groups in total. The molecular weight excluding hydrogens is 334 g/mol. The summed E-state index contributed by atoms with van der Waals surface area (Å²) in [6.07, 6.45) is 2.56. The minimum Gasteiger partial charge on any atom is -0.497 e. The highest BCUT2D eigenvalue weighted by Gasteiger charge is 2.19. The Morgan fingerprint density at radius 3 is 2.48 bits per heavy atom. The Labute approximate surface area is 131 Å². The molecule has 0 saturated heterocycles. The summed E-state index contributed by atoms with van der Waals surface area (Å²) < 4.78 is 5.98. The van der Waals surface area contributed by atoms with Crippen LogP contribution < -0.4 is 4.74 Å². The van der Waals surface area contributed by atoms with Gasteiger partial charge in [0, 0.05) is 22.8 Å². The van der Waals surface area contributed by atoms with Crippen molar-refractivity contribution in [2.45, 2.75) is 12.8 Å². The molecule has 0 aliphatic carbocycles. The molecule has 0 aliphatic rings. The Bertz CT molecular complexity index is 596. The van der Waals surface area contributed by atoms with Gasteiger partial charge in [-0.2, -0.15) is 0 Å². The zero-order chi connectivity index (χ0) is 15.2. The smallest absolute Gasteiger partial charge is 0.307 e. The van der Waals surface area contributed by atoms with Crippen LogP contribution in [0.3, 0.4) is 0 Å². The molecule has 0 spiro atoms. The number of carboxylic acid groups (broad SMARTS) is 1. The third kappa shape index (κ3) is 4.56. The molecule has 110 valence electrons. The number of halogens is 1. The van der Waals surface area contributed by atoms with Gasteiger partial charge in [-0.05, 0) is 52.2 Å². The predicted molar refractivity (Wildman–Crippen MR) is 83.5 cm³/mol. The van der Waals surface area contributed by atoms with E-state index in [1.807, 2.05) is 36.4 Å². The number of aliphatic carboxylic acids is 1. The summed E-state index contributed by atoms with van der Waals surface area (Å²) in [5, 5.41) is 9.39. The van der Waals surface area contributed by atoms with Crippen LogP contribution in [0.25, 0.3) is 0 Å². The SMILES string of the molecule is COc1ccc(CC(Cc2ccc(Br)cn2)C(=O)O)cc1. The number of pyridine rings is 1. The van der Waals surface area contributed by atoms with E-state index in [0.717, 1.165) is 21.5 Å². The lowest BCUT2D eigenvalue weighted by atomic mass is 9.94. The zero-order valence-corrected chi connectivity index (χ0v) is 13.2. The lowest BCUT2D eigenvalue weighted by Gasteiger charge is -2.12. The first-order chi connectivity index (χ1) is 10.1. The van der Waals surface area contributed by atoms with Gasteiger partial charge >= 0.3 is 5.97 Å². The van der Waals surface area contributed by atoms with Crippen LogP contribution in [0.1, 0.15) is 11.3 Å². The van der Waals surface area contributed by atoms with Gasteiger partial charge in [0.1, 0.15) is 5.75 Å². The second-order valence-electron chi connectivity index (χ2n) is 4.76. The molecule has 2 rings (SSSR count). The molecule has 1 atom stereocenters. The Balaban J connectivity index is 2.07. The fourth-order valence-corrected chi connectivity index (χ4v) is 2.31. The number of ether oxygens (including phenoxy) is 1. The fraction of sp³-hybridized carbons (Fsp3) is 0.250. The van der Waals surface area contributed by atoms with Gasteiger partial charge in [-0.3, -0.25) is 9.78 Å². The lowest BCUT2D eigenvalue weighted by Crippen LogP contribution is -2.19. The van der Waals surface area contributed by atoms with Gasteiger partial charge in [-0.15, -0.1) is 0 Å². The van der Waals surface area contributed by atoms with E-state index in [9.17, 15) is 9.90 Å². The van der Waals surface area contributed by atoms with E-state index in [0.29, 0.717) is 12.8 Å². The van der Waals surface area contributed by atoms with Gasteiger partial charge < -0.3 is 9.84 Å². The molecule has 5 heteroatoms. The molecular formula is C16H16BrNO3. The van der Waals surface area contributed by atoms with Crippen molar-refractivity contribution in [3.8, 4) is 5.75 Å². The van der Waals surface area contributed by atoms with Crippen LogP contribution in [0.2, 0.25) is 0 Å². The van der Waals surface area contributed by atoms with Crippen molar-refractivity contribution in [2.75, 3.05) is 7.11 Å². The molecule has 0 radical (unpaired) electrons. The number of methoxy groups -OCH3 is 1. The molecule has 1 aromatic heterocycles. The summed E-state index contributed by atoms with van der Waals surface area (Å²) in [6.45, 7) is 0. The largest absolute Gasteiger partial charge is 0.497 e. The van der Waals surface area contributed by atoms with E-state index < -0.39 is 11.9 Å². The van der Waals surface area contributed by atoms with Gasteiger partial charge in [0.2, 0.25) is 0 Å². The number of nitrogens with zero attached hydrogens (tertiary/aromatic N) is 1. The third-order valence-electron chi connectivity index (χ3n) is 3.23. The average molecular weight is 350 g/mol. The van der Waals surface area contributed by atoms with Gasteiger partial charge in [0.15, 0.2) is 0 Å². The fourth-order valence-electron chi connectivity index (χ4n) is 2.07. The van der Waals surface area contributed by atoms with Crippen molar-refractivity contribution < 1.29 is 14.6 Å². The summed E-state index contributed by atoms with van der Waals surface area (Å²) in [4.78, 5) is 15.7. The van der Waals surface area contributed by atoms with Crippen molar-refractivity contribution in [3.05, 3.63) is 58.3 Å². The molecule has 1 heterocycles.